The number of aromatic carboxylic acids is 2. The number of carbonyl (C=O) groups is 2. The van der Waals surface area contributed by atoms with Gasteiger partial charge in [-0.05, 0) is 116 Å². The molecule has 0 saturated carbocycles. The summed E-state index contributed by atoms with van der Waals surface area (Å²) in [5.74, 6) is -1.76. The zero-order valence-corrected chi connectivity index (χ0v) is 33.6. The lowest BCUT2D eigenvalue weighted by atomic mass is 9.62. The van der Waals surface area contributed by atoms with Crippen molar-refractivity contribution in [3.63, 3.8) is 0 Å². The lowest BCUT2D eigenvalue weighted by Crippen LogP contribution is -2.34. The minimum Gasteiger partial charge on any atom is -0.478 e. The second-order valence-electron chi connectivity index (χ2n) is 19.1. The fraction of sp³-hybridized carbons (Fsp3) is 0.458. The van der Waals surface area contributed by atoms with Crippen molar-refractivity contribution in [2.75, 3.05) is 0 Å². The zero-order chi connectivity index (χ0) is 38.7. The zero-order valence-electron chi connectivity index (χ0n) is 33.6. The van der Waals surface area contributed by atoms with Crippen molar-refractivity contribution in [2.24, 2.45) is 0 Å². The molecule has 2 N–H and O–H groups in total. The predicted molar refractivity (Wildman–Crippen MR) is 219 cm³/mol. The average molecular weight is 705 g/mol. The van der Waals surface area contributed by atoms with Crippen molar-refractivity contribution in [3.05, 3.63) is 141 Å². The lowest BCUT2D eigenvalue weighted by Gasteiger charge is -2.43. The summed E-state index contributed by atoms with van der Waals surface area (Å²) in [6.45, 7) is 27.6. The molecule has 2 aliphatic rings. The molecule has 0 amide bonds. The van der Waals surface area contributed by atoms with Crippen LogP contribution in [-0.2, 0) is 32.5 Å². The van der Waals surface area contributed by atoms with Crippen LogP contribution >= 0.6 is 0 Å². The summed E-state index contributed by atoms with van der Waals surface area (Å²) in [6, 6.07) is 28.5. The minimum absolute atomic E-state index is 0. The first-order valence-electron chi connectivity index (χ1n) is 18.9. The van der Waals surface area contributed by atoms with Gasteiger partial charge in [-0.1, -0.05) is 144 Å². The van der Waals surface area contributed by atoms with Crippen LogP contribution in [0.25, 0.3) is 0 Å². The third-order valence-electron chi connectivity index (χ3n) is 12.9. The molecule has 6 rings (SSSR count). The first-order valence-corrected chi connectivity index (χ1v) is 18.9. The molecular weight excluding hydrogens is 641 g/mol. The summed E-state index contributed by atoms with van der Waals surface area (Å²) in [4.78, 5) is 22.2. The molecule has 280 valence electrons. The highest BCUT2D eigenvalue weighted by Crippen LogP contribution is 2.49. The fourth-order valence-electron chi connectivity index (χ4n) is 8.35. The highest BCUT2D eigenvalue weighted by molar-refractivity contribution is 5.88. The Bertz CT molecular complexity index is 1840. The molecule has 0 aromatic heterocycles. The van der Waals surface area contributed by atoms with Crippen LogP contribution in [0, 0.1) is 0 Å². The molecule has 0 atom stereocenters. The number of benzene rings is 4. The van der Waals surface area contributed by atoms with Crippen molar-refractivity contribution >= 4 is 11.9 Å². The first kappa shape index (κ1) is 39.0. The highest BCUT2D eigenvalue weighted by atomic mass is 16.4. The SMILES string of the molecule is CC1(C)CCC(C)(C)c2cc(C(C)(C)c3ccc(C(=O)O)cc3)ccc21.CC1(C)CCC(C)(C)c2cc(C(C)(C)c3ccc(C(=O)O)cc3)ccc21.[HH].[HH]. The van der Waals surface area contributed by atoms with Crippen molar-refractivity contribution in [3.8, 4) is 0 Å². The van der Waals surface area contributed by atoms with Crippen LogP contribution in [0.4, 0.5) is 0 Å². The second-order valence-corrected chi connectivity index (χ2v) is 19.1. The molecule has 0 heterocycles. The van der Waals surface area contributed by atoms with Gasteiger partial charge in [0.15, 0.2) is 0 Å². The second kappa shape index (κ2) is 13.3. The third kappa shape index (κ3) is 7.36. The Morgan fingerprint density at radius 2 is 0.692 bits per heavy atom. The van der Waals surface area contributed by atoms with Gasteiger partial charge in [0.05, 0.1) is 11.1 Å². The molecule has 4 aromatic rings. The van der Waals surface area contributed by atoms with Crippen molar-refractivity contribution in [1.29, 1.82) is 0 Å². The molecule has 4 aromatic carbocycles. The van der Waals surface area contributed by atoms with E-state index < -0.39 is 11.9 Å². The average Bonchev–Trinajstić information content (AvgIpc) is 3.09. The molecule has 0 fully saturated rings. The van der Waals surface area contributed by atoms with Crippen LogP contribution in [0.5, 0.6) is 0 Å². The molecular formula is C48H64O4. The highest BCUT2D eigenvalue weighted by Gasteiger charge is 2.39. The molecule has 0 saturated heterocycles. The Kier molecular flexibility index (Phi) is 10.0. The Morgan fingerprint density at radius 1 is 0.442 bits per heavy atom. The lowest BCUT2D eigenvalue weighted by molar-refractivity contribution is 0.0686. The van der Waals surface area contributed by atoms with E-state index in [-0.39, 0.29) is 35.3 Å². The Morgan fingerprint density at radius 3 is 0.962 bits per heavy atom. The van der Waals surface area contributed by atoms with Crippen LogP contribution in [0.2, 0.25) is 0 Å². The van der Waals surface area contributed by atoms with Crippen LogP contribution < -0.4 is 0 Å². The topological polar surface area (TPSA) is 74.6 Å². The summed E-state index contributed by atoms with van der Waals surface area (Å²) in [5, 5.41) is 18.3. The van der Waals surface area contributed by atoms with Gasteiger partial charge in [0.1, 0.15) is 0 Å². The number of carboxylic acids is 2. The third-order valence-corrected chi connectivity index (χ3v) is 12.9. The maximum atomic E-state index is 11.1. The molecule has 2 aliphatic carbocycles. The van der Waals surface area contributed by atoms with Crippen LogP contribution in [0.15, 0.2) is 84.9 Å². The Hall–Kier alpha value is -4.18. The van der Waals surface area contributed by atoms with Crippen LogP contribution in [0.3, 0.4) is 0 Å². The van der Waals surface area contributed by atoms with Gasteiger partial charge in [-0.2, -0.15) is 0 Å². The number of hydrogen-bond donors (Lipinski definition) is 2. The first-order chi connectivity index (χ1) is 23.9. The van der Waals surface area contributed by atoms with Gasteiger partial charge < -0.3 is 10.2 Å². The van der Waals surface area contributed by atoms with E-state index in [4.69, 9.17) is 10.2 Å². The molecule has 4 nitrogen and oxygen atoms in total. The molecule has 4 heteroatoms. The molecule has 0 aliphatic heterocycles. The minimum atomic E-state index is -0.882. The standard InChI is InChI=1S/2C24H30O2.2H2/c2*1-22(2)13-14-23(3,4)20-15-18(11-12-19(20)22)24(5,6)17-9-7-16(8-10-17)21(25)26;;/h2*7-12,15H,13-14H2,1-6H3,(H,25,26);2*1H. The van der Waals surface area contributed by atoms with Crippen LogP contribution in [0.1, 0.15) is 177 Å². The van der Waals surface area contributed by atoms with Gasteiger partial charge >= 0.3 is 11.9 Å². The van der Waals surface area contributed by atoms with E-state index in [1.165, 1.54) is 59.1 Å². The fourth-order valence-corrected chi connectivity index (χ4v) is 8.35. The summed E-state index contributed by atoms with van der Waals surface area (Å²) in [6.07, 6.45) is 4.83. The van der Waals surface area contributed by atoms with E-state index in [2.05, 4.69) is 119 Å². The predicted octanol–water partition coefficient (Wildman–Crippen LogP) is 12.6. The number of hydrogen-bond acceptors (Lipinski definition) is 2. The van der Waals surface area contributed by atoms with Crippen LogP contribution in [-0.4, -0.2) is 22.2 Å². The van der Waals surface area contributed by atoms with E-state index in [0.29, 0.717) is 11.1 Å². The quantitative estimate of drug-likeness (QED) is 0.209. The van der Waals surface area contributed by atoms with Gasteiger partial charge in [-0.25, -0.2) is 9.59 Å². The summed E-state index contributed by atoms with van der Waals surface area (Å²) >= 11 is 0. The Labute approximate surface area is 315 Å². The maximum Gasteiger partial charge on any atom is 0.335 e. The molecule has 0 radical (unpaired) electrons. The summed E-state index contributed by atoms with van der Waals surface area (Å²) in [7, 11) is 0. The normalized spacial score (nSPS) is 18.2. The van der Waals surface area contributed by atoms with Gasteiger partial charge in [-0.15, -0.1) is 0 Å². The molecule has 52 heavy (non-hydrogen) atoms. The van der Waals surface area contributed by atoms with Gasteiger partial charge in [0, 0.05) is 13.7 Å². The molecule has 0 bridgehead atoms. The van der Waals surface area contributed by atoms with E-state index in [0.717, 1.165) is 11.1 Å². The van der Waals surface area contributed by atoms with E-state index in [1.807, 2.05) is 24.3 Å². The van der Waals surface area contributed by atoms with E-state index >= 15 is 0 Å². The number of rotatable bonds is 6. The summed E-state index contributed by atoms with van der Waals surface area (Å²) in [5.41, 5.74) is 11.8. The van der Waals surface area contributed by atoms with Gasteiger partial charge in [0.25, 0.3) is 0 Å². The maximum absolute atomic E-state index is 11.1. The molecule has 0 spiro atoms. The van der Waals surface area contributed by atoms with E-state index in [1.54, 1.807) is 24.3 Å². The summed E-state index contributed by atoms with van der Waals surface area (Å²) < 4.78 is 0. The van der Waals surface area contributed by atoms with Gasteiger partial charge in [-0.3, -0.25) is 0 Å². The Balaban J connectivity index is 0.000000280. The number of carboxylic acid groups (broad SMARTS) is 2. The number of fused-ring (bicyclic) bond motifs is 2. The van der Waals surface area contributed by atoms with Crippen molar-refractivity contribution in [1.82, 2.24) is 0 Å². The van der Waals surface area contributed by atoms with Crippen molar-refractivity contribution < 1.29 is 22.7 Å². The van der Waals surface area contributed by atoms with Crippen molar-refractivity contribution in [2.45, 2.75) is 141 Å². The van der Waals surface area contributed by atoms with E-state index in [9.17, 15) is 9.59 Å². The smallest absolute Gasteiger partial charge is 0.335 e. The monoisotopic (exact) mass is 704 g/mol. The largest absolute Gasteiger partial charge is 0.478 e. The molecule has 0 unspecified atom stereocenters. The van der Waals surface area contributed by atoms with Gasteiger partial charge in [0.2, 0.25) is 0 Å².